The topological polar surface area (TPSA) is 57.5 Å². The molecule has 23 heavy (non-hydrogen) atoms. The zero-order valence-electron chi connectivity index (χ0n) is 14.6. The average molecular weight is 343 g/mol. The van der Waals surface area contributed by atoms with Crippen LogP contribution in [0.5, 0.6) is 0 Å². The summed E-state index contributed by atoms with van der Waals surface area (Å²) in [6.07, 6.45) is 14.1. The number of hydrogen-bond acceptors (Lipinski definition) is 3. The summed E-state index contributed by atoms with van der Waals surface area (Å²) in [4.78, 5) is 10.5. The summed E-state index contributed by atoms with van der Waals surface area (Å²) in [7, 11) is 0. The largest absolute Gasteiger partial charge is 0.481 e. The Balaban J connectivity index is 2.16. The third-order valence-electron chi connectivity index (χ3n) is 4.65. The van der Waals surface area contributed by atoms with Crippen molar-refractivity contribution < 1.29 is 15.0 Å². The Morgan fingerprint density at radius 2 is 1.96 bits per heavy atom. The number of aliphatic carboxylic acids is 1. The molecule has 0 bridgehead atoms. The Morgan fingerprint density at radius 3 is 2.70 bits per heavy atom. The van der Waals surface area contributed by atoms with Crippen LogP contribution in [-0.4, -0.2) is 33.8 Å². The minimum Gasteiger partial charge on any atom is -0.481 e. The molecule has 0 amide bonds. The van der Waals surface area contributed by atoms with E-state index < -0.39 is 5.97 Å². The number of thioether (sulfide) groups is 1. The number of allylic oxidation sites excluding steroid dienone is 1. The molecule has 1 saturated heterocycles. The molecule has 1 aliphatic rings. The lowest BCUT2D eigenvalue weighted by molar-refractivity contribution is -0.137. The van der Waals surface area contributed by atoms with Gasteiger partial charge in [0.2, 0.25) is 0 Å². The number of rotatable bonds is 13. The van der Waals surface area contributed by atoms with Crippen molar-refractivity contribution in [3.05, 3.63) is 12.2 Å². The molecular weight excluding hydrogens is 308 g/mol. The van der Waals surface area contributed by atoms with Gasteiger partial charge in [0, 0.05) is 6.42 Å². The lowest BCUT2D eigenvalue weighted by Gasteiger charge is -2.16. The molecule has 1 unspecified atom stereocenters. The number of carbonyl (C=O) groups is 1. The number of aliphatic hydroxyl groups is 1. The molecule has 3 nitrogen and oxygen atoms in total. The number of hydrogen-bond donors (Lipinski definition) is 2. The van der Waals surface area contributed by atoms with E-state index in [9.17, 15) is 9.90 Å². The van der Waals surface area contributed by atoms with Gasteiger partial charge in [-0.3, -0.25) is 4.79 Å². The van der Waals surface area contributed by atoms with Crippen LogP contribution in [0.3, 0.4) is 0 Å². The first-order valence-electron chi connectivity index (χ1n) is 9.29. The van der Waals surface area contributed by atoms with Crippen LogP contribution in [0, 0.1) is 11.8 Å². The molecular formula is C19H34O3S. The molecule has 2 N–H and O–H groups in total. The van der Waals surface area contributed by atoms with Crippen LogP contribution in [0.4, 0.5) is 0 Å². The predicted octanol–water partition coefficient (Wildman–Crippen LogP) is 4.89. The van der Waals surface area contributed by atoms with Gasteiger partial charge in [-0.2, -0.15) is 11.8 Å². The summed E-state index contributed by atoms with van der Waals surface area (Å²) in [5.74, 6) is 3.08. The second-order valence-electron chi connectivity index (χ2n) is 6.76. The van der Waals surface area contributed by atoms with Gasteiger partial charge in [-0.25, -0.2) is 0 Å². The highest BCUT2D eigenvalue weighted by molar-refractivity contribution is 7.99. The lowest BCUT2D eigenvalue weighted by Crippen LogP contribution is -2.11. The molecule has 0 aromatic heterocycles. The molecule has 1 fully saturated rings. The number of carboxylic acid groups (broad SMARTS) is 1. The first kappa shape index (κ1) is 20.6. The van der Waals surface area contributed by atoms with Gasteiger partial charge in [-0.1, -0.05) is 57.6 Å². The van der Waals surface area contributed by atoms with E-state index in [2.05, 4.69) is 13.0 Å². The van der Waals surface area contributed by atoms with Crippen molar-refractivity contribution in [1.82, 2.24) is 0 Å². The van der Waals surface area contributed by atoms with Gasteiger partial charge in [0.15, 0.2) is 0 Å². The quantitative estimate of drug-likeness (QED) is 0.370. The van der Waals surface area contributed by atoms with Crippen molar-refractivity contribution >= 4 is 17.7 Å². The van der Waals surface area contributed by atoms with Gasteiger partial charge in [0.05, 0.1) is 6.10 Å². The Bertz CT molecular complexity index is 344. The molecule has 0 radical (unpaired) electrons. The van der Waals surface area contributed by atoms with Crippen LogP contribution in [-0.2, 0) is 4.79 Å². The van der Waals surface area contributed by atoms with E-state index >= 15 is 0 Å². The van der Waals surface area contributed by atoms with E-state index in [1.54, 1.807) is 0 Å². The maximum atomic E-state index is 10.5. The van der Waals surface area contributed by atoms with Crippen molar-refractivity contribution in [3.8, 4) is 0 Å². The van der Waals surface area contributed by atoms with E-state index in [1.807, 2.05) is 17.8 Å². The highest BCUT2D eigenvalue weighted by atomic mass is 32.2. The Kier molecular flexibility index (Phi) is 11.5. The predicted molar refractivity (Wildman–Crippen MR) is 98.9 cm³/mol. The zero-order chi connectivity index (χ0) is 16.9. The maximum absolute atomic E-state index is 10.5. The van der Waals surface area contributed by atoms with Crippen LogP contribution < -0.4 is 0 Å². The second-order valence-corrected chi connectivity index (χ2v) is 7.83. The molecule has 1 heterocycles. The molecule has 1 aliphatic heterocycles. The van der Waals surface area contributed by atoms with E-state index in [-0.39, 0.29) is 6.10 Å². The molecule has 134 valence electrons. The van der Waals surface area contributed by atoms with Crippen molar-refractivity contribution in [2.45, 2.75) is 77.2 Å². The normalized spacial score (nSPS) is 22.7. The van der Waals surface area contributed by atoms with Crippen molar-refractivity contribution in [1.29, 1.82) is 0 Å². The SMILES string of the molecule is CCCCCC(O)C=C[C@@H]1CSC[C@@H]1CCCCCCC(=O)O. The fourth-order valence-electron chi connectivity index (χ4n) is 3.13. The molecule has 0 aromatic carbocycles. The summed E-state index contributed by atoms with van der Waals surface area (Å²) in [5, 5.41) is 18.6. The van der Waals surface area contributed by atoms with Gasteiger partial charge in [0.1, 0.15) is 0 Å². The van der Waals surface area contributed by atoms with Crippen molar-refractivity contribution in [2.24, 2.45) is 11.8 Å². The Labute approximate surface area is 145 Å². The molecule has 1 rings (SSSR count). The standard InChI is InChI=1S/C19H34O3S/c1-2-3-6-10-18(20)13-12-17-15-23-14-16(17)9-7-4-5-8-11-19(21)22/h12-13,16-18,20H,2-11,14-15H2,1H3,(H,21,22)/t16-,17+,18?/m0/s1. The molecule has 0 saturated carbocycles. The Morgan fingerprint density at radius 1 is 1.17 bits per heavy atom. The van der Waals surface area contributed by atoms with E-state index in [4.69, 9.17) is 5.11 Å². The van der Waals surface area contributed by atoms with Gasteiger partial charge in [-0.05, 0) is 42.6 Å². The fourth-order valence-corrected chi connectivity index (χ4v) is 4.64. The molecule has 0 aliphatic carbocycles. The lowest BCUT2D eigenvalue weighted by atomic mass is 9.90. The van der Waals surface area contributed by atoms with Crippen molar-refractivity contribution in [3.63, 3.8) is 0 Å². The molecule has 0 aromatic rings. The number of unbranched alkanes of at least 4 members (excludes halogenated alkanes) is 5. The average Bonchev–Trinajstić information content (AvgIpc) is 2.96. The first-order valence-corrected chi connectivity index (χ1v) is 10.4. The maximum Gasteiger partial charge on any atom is 0.303 e. The van der Waals surface area contributed by atoms with Crippen molar-refractivity contribution in [2.75, 3.05) is 11.5 Å². The van der Waals surface area contributed by atoms with Crippen LogP contribution >= 0.6 is 11.8 Å². The van der Waals surface area contributed by atoms with Crippen LogP contribution in [0.2, 0.25) is 0 Å². The van der Waals surface area contributed by atoms with E-state index in [0.717, 1.165) is 38.0 Å². The highest BCUT2D eigenvalue weighted by Gasteiger charge is 2.25. The summed E-state index contributed by atoms with van der Waals surface area (Å²) >= 11 is 2.03. The summed E-state index contributed by atoms with van der Waals surface area (Å²) in [5.41, 5.74) is 0. The second kappa shape index (κ2) is 12.9. The first-order chi connectivity index (χ1) is 11.1. The summed E-state index contributed by atoms with van der Waals surface area (Å²) < 4.78 is 0. The van der Waals surface area contributed by atoms with Gasteiger partial charge in [0.25, 0.3) is 0 Å². The smallest absolute Gasteiger partial charge is 0.303 e. The monoisotopic (exact) mass is 342 g/mol. The zero-order valence-corrected chi connectivity index (χ0v) is 15.4. The summed E-state index contributed by atoms with van der Waals surface area (Å²) in [6.45, 7) is 2.18. The Hall–Kier alpha value is -0.480. The van der Waals surface area contributed by atoms with Gasteiger partial charge < -0.3 is 10.2 Å². The third kappa shape index (κ3) is 10.1. The molecule has 0 spiro atoms. The van der Waals surface area contributed by atoms with Gasteiger partial charge in [-0.15, -0.1) is 0 Å². The minimum absolute atomic E-state index is 0.274. The molecule has 3 atom stereocenters. The summed E-state index contributed by atoms with van der Waals surface area (Å²) in [6, 6.07) is 0. The van der Waals surface area contributed by atoms with Gasteiger partial charge >= 0.3 is 5.97 Å². The number of aliphatic hydroxyl groups excluding tert-OH is 1. The number of carboxylic acids is 1. The minimum atomic E-state index is -0.681. The highest BCUT2D eigenvalue weighted by Crippen LogP contribution is 2.34. The fraction of sp³-hybridized carbons (Fsp3) is 0.842. The van der Waals surface area contributed by atoms with E-state index in [1.165, 1.54) is 37.2 Å². The van der Waals surface area contributed by atoms with E-state index in [0.29, 0.717) is 12.3 Å². The van der Waals surface area contributed by atoms with Crippen LogP contribution in [0.15, 0.2) is 12.2 Å². The third-order valence-corrected chi connectivity index (χ3v) is 5.93. The van der Waals surface area contributed by atoms with Crippen LogP contribution in [0.25, 0.3) is 0 Å². The van der Waals surface area contributed by atoms with Crippen LogP contribution in [0.1, 0.15) is 71.1 Å². The molecule has 4 heteroatoms.